The second-order valence-corrected chi connectivity index (χ2v) is 7.33. The lowest BCUT2D eigenvalue weighted by atomic mass is 10.2. The average molecular weight is 430 g/mol. The molecule has 1 amide bonds. The smallest absolute Gasteiger partial charge is 0.331 e. The summed E-state index contributed by atoms with van der Waals surface area (Å²) in [6, 6.07) is 17.9. The minimum atomic E-state index is -0.533. The second kappa shape index (κ2) is 9.74. The van der Waals surface area contributed by atoms with Crippen molar-refractivity contribution in [2.45, 2.75) is 26.2 Å². The molecule has 4 aromatic rings. The quantitative estimate of drug-likeness (QED) is 0.428. The van der Waals surface area contributed by atoms with Crippen LogP contribution in [0, 0.1) is 0 Å². The minimum absolute atomic E-state index is 0.209. The molecule has 3 heterocycles. The first kappa shape index (κ1) is 21.0. The Hall–Kier alpha value is -4.20. The molecule has 0 aliphatic heterocycles. The van der Waals surface area contributed by atoms with Crippen molar-refractivity contribution in [1.82, 2.24) is 19.0 Å². The molecule has 0 aliphatic carbocycles. The standard InChI is InChI=1S/C24H22N4O4/c29-22-10-12-26(15-19-6-2-1-3-7-19)24(31)28(22)18-23(30)27(17-21-9-5-13-32-21)16-20-8-4-11-25-14-20/h1-14H,15-18H2. The van der Waals surface area contributed by atoms with Crippen molar-refractivity contribution in [3.05, 3.63) is 123 Å². The van der Waals surface area contributed by atoms with E-state index >= 15 is 0 Å². The summed E-state index contributed by atoms with van der Waals surface area (Å²) in [7, 11) is 0. The lowest BCUT2D eigenvalue weighted by molar-refractivity contribution is -0.133. The maximum Gasteiger partial charge on any atom is 0.331 e. The van der Waals surface area contributed by atoms with E-state index in [-0.39, 0.29) is 25.5 Å². The molecule has 162 valence electrons. The van der Waals surface area contributed by atoms with Gasteiger partial charge in [-0.1, -0.05) is 36.4 Å². The van der Waals surface area contributed by atoms with Gasteiger partial charge in [0.2, 0.25) is 5.91 Å². The number of hydrogen-bond donors (Lipinski definition) is 0. The van der Waals surface area contributed by atoms with Gasteiger partial charge in [-0.05, 0) is 29.3 Å². The van der Waals surface area contributed by atoms with Gasteiger partial charge in [-0.25, -0.2) is 4.79 Å². The predicted octanol–water partition coefficient (Wildman–Crippen LogP) is 2.28. The molecule has 8 nitrogen and oxygen atoms in total. The molecule has 0 saturated carbocycles. The zero-order valence-electron chi connectivity index (χ0n) is 17.3. The van der Waals surface area contributed by atoms with Gasteiger partial charge in [0.15, 0.2) is 0 Å². The zero-order valence-corrected chi connectivity index (χ0v) is 17.3. The van der Waals surface area contributed by atoms with Crippen molar-refractivity contribution >= 4 is 5.91 Å². The van der Waals surface area contributed by atoms with E-state index in [0.717, 1.165) is 15.7 Å². The third-order valence-electron chi connectivity index (χ3n) is 5.00. The van der Waals surface area contributed by atoms with Crippen molar-refractivity contribution in [3.8, 4) is 0 Å². The van der Waals surface area contributed by atoms with Crippen LogP contribution in [0.3, 0.4) is 0 Å². The molecular formula is C24H22N4O4. The van der Waals surface area contributed by atoms with Crippen LogP contribution >= 0.6 is 0 Å². The van der Waals surface area contributed by atoms with Crippen LogP contribution in [-0.2, 0) is 31.0 Å². The van der Waals surface area contributed by atoms with Crippen LogP contribution in [0.4, 0.5) is 0 Å². The van der Waals surface area contributed by atoms with E-state index in [4.69, 9.17) is 4.42 Å². The molecule has 0 bridgehead atoms. The number of nitrogens with zero attached hydrogens (tertiary/aromatic N) is 4. The molecule has 0 N–H and O–H groups in total. The van der Waals surface area contributed by atoms with E-state index in [0.29, 0.717) is 12.3 Å². The van der Waals surface area contributed by atoms with E-state index in [2.05, 4.69) is 4.98 Å². The minimum Gasteiger partial charge on any atom is -0.467 e. The SMILES string of the molecule is O=C(Cn1c(=O)ccn(Cc2ccccc2)c1=O)N(Cc1cccnc1)Cc1ccco1. The predicted molar refractivity (Wildman–Crippen MR) is 118 cm³/mol. The van der Waals surface area contributed by atoms with Crippen molar-refractivity contribution in [1.29, 1.82) is 0 Å². The molecule has 0 fully saturated rings. The van der Waals surface area contributed by atoms with Gasteiger partial charge in [-0.3, -0.25) is 23.7 Å². The Morgan fingerprint density at radius 2 is 1.75 bits per heavy atom. The molecule has 0 spiro atoms. The monoisotopic (exact) mass is 430 g/mol. The third-order valence-corrected chi connectivity index (χ3v) is 5.00. The first-order valence-electron chi connectivity index (χ1n) is 10.1. The molecule has 0 unspecified atom stereocenters. The number of carbonyl (C=O) groups excluding carboxylic acids is 1. The van der Waals surface area contributed by atoms with Crippen LogP contribution in [-0.4, -0.2) is 24.9 Å². The summed E-state index contributed by atoms with van der Waals surface area (Å²) in [6.45, 7) is 0.419. The summed E-state index contributed by atoms with van der Waals surface area (Å²) in [4.78, 5) is 44.2. The highest BCUT2D eigenvalue weighted by Gasteiger charge is 2.19. The molecular weight excluding hydrogens is 408 g/mol. The Kier molecular flexibility index (Phi) is 6.41. The lowest BCUT2D eigenvalue weighted by Crippen LogP contribution is -2.44. The molecule has 3 aromatic heterocycles. The summed E-state index contributed by atoms with van der Waals surface area (Å²) in [6.07, 6.45) is 6.31. The number of aromatic nitrogens is 3. The molecule has 0 radical (unpaired) electrons. The van der Waals surface area contributed by atoms with E-state index in [1.807, 2.05) is 36.4 Å². The average Bonchev–Trinajstić information content (AvgIpc) is 3.33. The van der Waals surface area contributed by atoms with Crippen LogP contribution in [0.2, 0.25) is 0 Å². The van der Waals surface area contributed by atoms with Crippen LogP contribution in [0.15, 0.2) is 99.5 Å². The number of furan rings is 1. The summed E-state index contributed by atoms with van der Waals surface area (Å²) in [5.41, 5.74) is 0.692. The summed E-state index contributed by atoms with van der Waals surface area (Å²) in [5, 5.41) is 0. The fourth-order valence-electron chi connectivity index (χ4n) is 3.37. The lowest BCUT2D eigenvalue weighted by Gasteiger charge is -2.22. The molecule has 8 heteroatoms. The Morgan fingerprint density at radius 3 is 2.47 bits per heavy atom. The van der Waals surface area contributed by atoms with Gasteiger partial charge >= 0.3 is 5.69 Å². The number of benzene rings is 1. The van der Waals surface area contributed by atoms with Gasteiger partial charge < -0.3 is 9.32 Å². The Bertz CT molecular complexity index is 1280. The number of hydrogen-bond acceptors (Lipinski definition) is 5. The number of pyridine rings is 1. The van der Waals surface area contributed by atoms with Gasteiger partial charge in [0.25, 0.3) is 5.56 Å². The summed E-state index contributed by atoms with van der Waals surface area (Å²) < 4.78 is 7.77. The van der Waals surface area contributed by atoms with E-state index in [1.165, 1.54) is 28.0 Å². The van der Waals surface area contributed by atoms with E-state index in [1.54, 1.807) is 30.6 Å². The number of rotatable bonds is 8. The number of carbonyl (C=O) groups is 1. The largest absolute Gasteiger partial charge is 0.467 e. The molecule has 1 aromatic carbocycles. The number of amides is 1. The third kappa shape index (κ3) is 5.10. The van der Waals surface area contributed by atoms with Crippen LogP contribution in [0.25, 0.3) is 0 Å². The van der Waals surface area contributed by atoms with E-state index < -0.39 is 11.2 Å². The fourth-order valence-corrected chi connectivity index (χ4v) is 3.37. The van der Waals surface area contributed by atoms with Gasteiger partial charge in [-0.2, -0.15) is 0 Å². The summed E-state index contributed by atoms with van der Waals surface area (Å²) in [5.74, 6) is 0.228. The Morgan fingerprint density at radius 1 is 0.938 bits per heavy atom. The normalized spacial score (nSPS) is 10.8. The zero-order chi connectivity index (χ0) is 22.3. The highest BCUT2D eigenvalue weighted by Crippen LogP contribution is 2.11. The van der Waals surface area contributed by atoms with Crippen molar-refractivity contribution in [2.24, 2.45) is 0 Å². The van der Waals surface area contributed by atoms with Gasteiger partial charge in [0.05, 0.1) is 19.4 Å². The topological polar surface area (TPSA) is 90.3 Å². The van der Waals surface area contributed by atoms with Crippen LogP contribution < -0.4 is 11.2 Å². The molecule has 0 saturated heterocycles. The van der Waals surface area contributed by atoms with Crippen LogP contribution in [0.5, 0.6) is 0 Å². The molecule has 0 aliphatic rings. The fraction of sp³-hybridized carbons (Fsp3) is 0.167. The van der Waals surface area contributed by atoms with Crippen molar-refractivity contribution < 1.29 is 9.21 Å². The summed E-state index contributed by atoms with van der Waals surface area (Å²) >= 11 is 0. The van der Waals surface area contributed by atoms with Gasteiger partial charge in [0.1, 0.15) is 12.3 Å². The molecule has 4 rings (SSSR count). The highest BCUT2D eigenvalue weighted by atomic mass is 16.3. The highest BCUT2D eigenvalue weighted by molar-refractivity contribution is 5.76. The second-order valence-electron chi connectivity index (χ2n) is 7.33. The first-order chi connectivity index (χ1) is 15.6. The van der Waals surface area contributed by atoms with E-state index in [9.17, 15) is 14.4 Å². The Labute approximate surface area is 184 Å². The molecule has 0 atom stereocenters. The molecule has 32 heavy (non-hydrogen) atoms. The van der Waals surface area contributed by atoms with Crippen molar-refractivity contribution in [3.63, 3.8) is 0 Å². The Balaban J connectivity index is 1.59. The van der Waals surface area contributed by atoms with Crippen molar-refractivity contribution in [2.75, 3.05) is 0 Å². The maximum absolute atomic E-state index is 13.2. The van der Waals surface area contributed by atoms with Crippen LogP contribution in [0.1, 0.15) is 16.9 Å². The van der Waals surface area contributed by atoms with Gasteiger partial charge in [0, 0.05) is 31.2 Å². The first-order valence-corrected chi connectivity index (χ1v) is 10.1. The maximum atomic E-state index is 13.2. The van der Waals surface area contributed by atoms with Gasteiger partial charge in [-0.15, -0.1) is 0 Å².